The number of carbonyl (C=O) groups excluding carboxylic acids is 3. The van der Waals surface area contributed by atoms with Crippen LogP contribution < -0.4 is 11.1 Å². The summed E-state index contributed by atoms with van der Waals surface area (Å²) in [5, 5.41) is 12.8. The van der Waals surface area contributed by atoms with Gasteiger partial charge < -0.3 is 30.2 Å². The highest BCUT2D eigenvalue weighted by molar-refractivity contribution is 5.97. The summed E-state index contributed by atoms with van der Waals surface area (Å²) >= 11 is 0. The number of hydrogen-bond acceptors (Lipinski definition) is 5. The lowest BCUT2D eigenvalue weighted by Gasteiger charge is -2.35. The van der Waals surface area contributed by atoms with E-state index in [0.29, 0.717) is 51.1 Å². The summed E-state index contributed by atoms with van der Waals surface area (Å²) in [6.07, 6.45) is 8.87. The fourth-order valence-corrected chi connectivity index (χ4v) is 4.53. The van der Waals surface area contributed by atoms with Crippen molar-refractivity contribution in [1.82, 2.24) is 19.7 Å². The van der Waals surface area contributed by atoms with Crippen molar-refractivity contribution in [3.8, 4) is 6.07 Å². The fraction of sp³-hybridized carbons (Fsp3) is 0.520. The molecular weight excluding hydrogens is 448 g/mol. The molecule has 4 amide bonds. The first-order chi connectivity index (χ1) is 16.8. The molecule has 1 aromatic rings. The Morgan fingerprint density at radius 3 is 2.49 bits per heavy atom. The van der Waals surface area contributed by atoms with Crippen molar-refractivity contribution in [1.29, 1.82) is 5.26 Å². The van der Waals surface area contributed by atoms with Gasteiger partial charge in [0.25, 0.3) is 5.91 Å². The van der Waals surface area contributed by atoms with E-state index in [4.69, 9.17) is 10.5 Å². The van der Waals surface area contributed by atoms with Gasteiger partial charge in [-0.25, -0.2) is 9.59 Å². The third-order valence-electron chi connectivity index (χ3n) is 6.23. The molecule has 0 aromatic carbocycles. The number of carbonyl (C=O) groups is 3. The zero-order chi connectivity index (χ0) is 25.5. The van der Waals surface area contributed by atoms with Crippen LogP contribution in [0.5, 0.6) is 0 Å². The van der Waals surface area contributed by atoms with Gasteiger partial charge in [0.05, 0.1) is 29.5 Å². The zero-order valence-corrected chi connectivity index (χ0v) is 20.6. The number of nitrogens with two attached hydrogens (primary N) is 1. The SMILES string of the molecule is C/C=C\C=C/Cc1c(C#N)c(C(N)=O)c2n1CCN(C(=O)NC1CCN(C(=O)OC(C)C)CC1)C2. The minimum atomic E-state index is -0.670. The molecule has 0 unspecified atom stereocenters. The van der Waals surface area contributed by atoms with Crippen LogP contribution >= 0.6 is 0 Å². The summed E-state index contributed by atoms with van der Waals surface area (Å²) in [4.78, 5) is 40.7. The Kier molecular flexibility index (Phi) is 8.58. The molecule has 1 saturated heterocycles. The van der Waals surface area contributed by atoms with Crippen molar-refractivity contribution < 1.29 is 19.1 Å². The van der Waals surface area contributed by atoms with Crippen molar-refractivity contribution in [3.63, 3.8) is 0 Å². The van der Waals surface area contributed by atoms with E-state index in [1.165, 1.54) is 0 Å². The Balaban J connectivity index is 1.68. The van der Waals surface area contributed by atoms with Gasteiger partial charge in [-0.1, -0.05) is 24.3 Å². The van der Waals surface area contributed by atoms with Crippen molar-refractivity contribution in [3.05, 3.63) is 46.8 Å². The van der Waals surface area contributed by atoms with E-state index in [0.717, 1.165) is 5.69 Å². The third-order valence-corrected chi connectivity index (χ3v) is 6.23. The topological polar surface area (TPSA) is 134 Å². The smallest absolute Gasteiger partial charge is 0.410 e. The summed E-state index contributed by atoms with van der Waals surface area (Å²) in [5.41, 5.74) is 7.45. The highest BCUT2D eigenvalue weighted by Gasteiger charge is 2.32. The van der Waals surface area contributed by atoms with E-state index in [-0.39, 0.29) is 41.9 Å². The average Bonchev–Trinajstić information content (AvgIpc) is 3.14. The Morgan fingerprint density at radius 1 is 1.17 bits per heavy atom. The third kappa shape index (κ3) is 6.04. The van der Waals surface area contributed by atoms with Gasteiger partial charge in [-0.05, 0) is 33.6 Å². The molecule has 1 fully saturated rings. The molecule has 35 heavy (non-hydrogen) atoms. The second kappa shape index (κ2) is 11.6. The maximum Gasteiger partial charge on any atom is 0.410 e. The maximum atomic E-state index is 13.0. The minimum absolute atomic E-state index is 0.0584. The quantitative estimate of drug-likeness (QED) is 0.601. The van der Waals surface area contributed by atoms with Crippen LogP contribution in [0.15, 0.2) is 24.3 Å². The number of nitriles is 1. The molecule has 0 atom stereocenters. The van der Waals surface area contributed by atoms with E-state index >= 15 is 0 Å². The highest BCUT2D eigenvalue weighted by atomic mass is 16.6. The molecule has 3 rings (SSSR count). The van der Waals surface area contributed by atoms with Crippen LogP contribution in [0, 0.1) is 11.3 Å². The molecule has 2 aliphatic rings. The lowest BCUT2D eigenvalue weighted by Crippen LogP contribution is -2.51. The zero-order valence-electron chi connectivity index (χ0n) is 20.6. The number of amides is 4. The van der Waals surface area contributed by atoms with Gasteiger partial charge in [0.15, 0.2) is 0 Å². The fourth-order valence-electron chi connectivity index (χ4n) is 4.53. The average molecular weight is 483 g/mol. The summed E-state index contributed by atoms with van der Waals surface area (Å²) in [6, 6.07) is 1.85. The number of hydrogen-bond donors (Lipinski definition) is 2. The second-order valence-electron chi connectivity index (χ2n) is 8.99. The Morgan fingerprint density at radius 2 is 1.89 bits per heavy atom. The predicted molar refractivity (Wildman–Crippen MR) is 130 cm³/mol. The number of piperidine rings is 1. The number of allylic oxidation sites excluding steroid dienone is 4. The Labute approximate surface area is 206 Å². The summed E-state index contributed by atoms with van der Waals surface area (Å²) in [7, 11) is 0. The number of fused-ring (bicyclic) bond motifs is 1. The molecule has 0 aliphatic carbocycles. The van der Waals surface area contributed by atoms with E-state index in [9.17, 15) is 19.6 Å². The van der Waals surface area contributed by atoms with E-state index in [2.05, 4.69) is 11.4 Å². The second-order valence-corrected chi connectivity index (χ2v) is 8.99. The number of primary amides is 1. The standard InChI is InChI=1S/C25H34N6O4/c1-4-5-6-7-8-20-19(15-26)22(23(27)32)21-16-30(13-14-31(20)21)24(33)28-18-9-11-29(12-10-18)25(34)35-17(2)3/h4-7,17-18H,8-14,16H2,1-3H3,(H2,27,32)(H,28,33)/b5-4-,7-6-. The molecule has 0 saturated carbocycles. The summed E-state index contributed by atoms with van der Waals surface area (Å²) < 4.78 is 7.19. The summed E-state index contributed by atoms with van der Waals surface area (Å²) in [5.74, 6) is -0.670. The molecule has 10 heteroatoms. The number of nitrogens with zero attached hydrogens (tertiary/aromatic N) is 4. The van der Waals surface area contributed by atoms with E-state index in [1.807, 2.05) is 49.6 Å². The molecule has 1 aromatic heterocycles. The van der Waals surface area contributed by atoms with Crippen LogP contribution in [0.3, 0.4) is 0 Å². The lowest BCUT2D eigenvalue weighted by molar-refractivity contribution is 0.0679. The molecule has 3 heterocycles. The predicted octanol–water partition coefficient (Wildman–Crippen LogP) is 2.67. The van der Waals surface area contributed by atoms with Gasteiger partial charge in [-0.3, -0.25) is 4.79 Å². The number of urea groups is 1. The number of rotatable bonds is 6. The number of ether oxygens (including phenoxy) is 1. The van der Waals surface area contributed by atoms with Crippen LogP contribution in [0.2, 0.25) is 0 Å². The van der Waals surface area contributed by atoms with E-state index in [1.54, 1.807) is 9.80 Å². The molecule has 0 spiro atoms. The Bertz CT molecular complexity index is 1060. The first-order valence-corrected chi connectivity index (χ1v) is 12.0. The highest BCUT2D eigenvalue weighted by Crippen LogP contribution is 2.28. The van der Waals surface area contributed by atoms with Crippen molar-refractivity contribution in [2.45, 2.75) is 65.3 Å². The van der Waals surface area contributed by atoms with Crippen LogP contribution in [-0.2, 0) is 24.2 Å². The molecule has 0 bridgehead atoms. The number of nitrogens with one attached hydrogen (secondary N) is 1. The normalized spacial score (nSPS) is 16.5. The first-order valence-electron chi connectivity index (χ1n) is 12.0. The van der Waals surface area contributed by atoms with Crippen LogP contribution in [0.4, 0.5) is 9.59 Å². The first kappa shape index (κ1) is 25.9. The maximum absolute atomic E-state index is 13.0. The molecule has 10 nitrogen and oxygen atoms in total. The minimum Gasteiger partial charge on any atom is -0.447 e. The van der Waals surface area contributed by atoms with Crippen LogP contribution in [-0.4, -0.2) is 64.2 Å². The number of likely N-dealkylation sites (tertiary alicyclic amines) is 1. The molecule has 188 valence electrons. The van der Waals surface area contributed by atoms with Crippen molar-refractivity contribution in [2.24, 2.45) is 5.73 Å². The Hall–Kier alpha value is -3.74. The van der Waals surface area contributed by atoms with E-state index < -0.39 is 5.91 Å². The summed E-state index contributed by atoms with van der Waals surface area (Å²) in [6.45, 7) is 7.68. The molecule has 2 aliphatic heterocycles. The lowest BCUT2D eigenvalue weighted by atomic mass is 10.1. The van der Waals surface area contributed by atoms with Gasteiger partial charge in [0, 0.05) is 44.3 Å². The van der Waals surface area contributed by atoms with Gasteiger partial charge in [0.1, 0.15) is 6.07 Å². The van der Waals surface area contributed by atoms with Gasteiger partial charge in [-0.15, -0.1) is 0 Å². The van der Waals surface area contributed by atoms with Crippen LogP contribution in [0.1, 0.15) is 60.9 Å². The van der Waals surface area contributed by atoms with Gasteiger partial charge >= 0.3 is 12.1 Å². The number of aromatic nitrogens is 1. The van der Waals surface area contributed by atoms with Gasteiger partial charge in [-0.2, -0.15) is 5.26 Å². The monoisotopic (exact) mass is 482 g/mol. The van der Waals surface area contributed by atoms with Crippen molar-refractivity contribution >= 4 is 18.0 Å². The molecule has 3 N–H and O–H groups in total. The largest absolute Gasteiger partial charge is 0.447 e. The van der Waals surface area contributed by atoms with Crippen molar-refractivity contribution in [2.75, 3.05) is 19.6 Å². The van der Waals surface area contributed by atoms with Crippen LogP contribution in [0.25, 0.3) is 0 Å². The molecular formula is C25H34N6O4. The molecule has 0 radical (unpaired) electrons. The van der Waals surface area contributed by atoms with Gasteiger partial charge in [0.2, 0.25) is 0 Å².